The molecule has 0 spiro atoms. The van der Waals surface area contributed by atoms with Crippen molar-refractivity contribution in [2.45, 2.75) is 25.6 Å². The van der Waals surface area contributed by atoms with Gasteiger partial charge in [-0.2, -0.15) is 11.8 Å². The molecular weight excluding hydrogens is 470 g/mol. The lowest BCUT2D eigenvalue weighted by Gasteiger charge is -2.29. The number of thioether (sulfide) groups is 1. The average molecular weight is 493 g/mol. The molecule has 10 heteroatoms. The van der Waals surface area contributed by atoms with Crippen LogP contribution < -0.4 is 9.62 Å². The number of anilines is 1. The zero-order chi connectivity index (χ0) is 22.5. The third-order valence-electron chi connectivity index (χ3n) is 4.35. The van der Waals surface area contributed by atoms with Crippen LogP contribution >= 0.6 is 35.0 Å². The van der Waals surface area contributed by atoms with Crippen LogP contribution in [0.5, 0.6) is 0 Å². The minimum Gasteiger partial charge on any atom is -0.353 e. The molecule has 0 aliphatic rings. The van der Waals surface area contributed by atoms with Gasteiger partial charge in [-0.25, -0.2) is 12.8 Å². The van der Waals surface area contributed by atoms with Gasteiger partial charge in [0.25, 0.3) is 0 Å². The summed E-state index contributed by atoms with van der Waals surface area (Å²) >= 11 is 13.4. The van der Waals surface area contributed by atoms with Gasteiger partial charge in [0, 0.05) is 33.7 Å². The molecule has 2 aromatic rings. The van der Waals surface area contributed by atoms with Crippen molar-refractivity contribution in [2.24, 2.45) is 0 Å². The molecule has 2 rings (SSSR count). The molecule has 0 saturated heterocycles. The van der Waals surface area contributed by atoms with Gasteiger partial charge in [-0.05, 0) is 43.7 Å². The van der Waals surface area contributed by atoms with E-state index >= 15 is 0 Å². The van der Waals surface area contributed by atoms with E-state index in [9.17, 15) is 17.6 Å². The molecule has 164 valence electrons. The Hall–Kier alpha value is -1.48. The number of hydrogen-bond donors (Lipinski definition) is 1. The van der Waals surface area contributed by atoms with Gasteiger partial charge >= 0.3 is 0 Å². The lowest BCUT2D eigenvalue weighted by molar-refractivity contribution is -0.121. The van der Waals surface area contributed by atoms with E-state index in [1.54, 1.807) is 31.2 Å². The SMILES string of the molecule is Cc1ccc(Cl)cc1N([C@H](C)C(=O)NCCSCc1c(F)cccc1Cl)S(C)(=O)=O. The van der Waals surface area contributed by atoms with Gasteiger partial charge in [-0.1, -0.05) is 35.3 Å². The summed E-state index contributed by atoms with van der Waals surface area (Å²) < 4.78 is 39.6. The van der Waals surface area contributed by atoms with Crippen molar-refractivity contribution in [1.82, 2.24) is 5.32 Å². The second-order valence-corrected chi connectivity index (χ2v) is 10.5. The third kappa shape index (κ3) is 6.51. The number of sulfonamides is 1. The van der Waals surface area contributed by atoms with Crippen LogP contribution in [0.3, 0.4) is 0 Å². The van der Waals surface area contributed by atoms with Crippen LogP contribution in [-0.2, 0) is 20.6 Å². The van der Waals surface area contributed by atoms with Crippen molar-refractivity contribution in [3.05, 3.63) is 63.4 Å². The Bertz CT molecular complexity index is 999. The van der Waals surface area contributed by atoms with Crippen molar-refractivity contribution >= 4 is 56.6 Å². The maximum absolute atomic E-state index is 13.8. The Balaban J connectivity index is 1.98. The molecule has 5 nitrogen and oxygen atoms in total. The minimum absolute atomic E-state index is 0.298. The Labute approximate surface area is 191 Å². The van der Waals surface area contributed by atoms with E-state index in [0.717, 1.165) is 10.6 Å². The molecule has 1 amide bonds. The highest BCUT2D eigenvalue weighted by Gasteiger charge is 2.30. The predicted molar refractivity (Wildman–Crippen MR) is 124 cm³/mol. The van der Waals surface area contributed by atoms with E-state index in [1.165, 1.54) is 30.8 Å². The smallest absolute Gasteiger partial charge is 0.243 e. The zero-order valence-electron chi connectivity index (χ0n) is 16.8. The molecule has 0 aliphatic carbocycles. The second kappa shape index (κ2) is 10.7. The van der Waals surface area contributed by atoms with E-state index in [4.69, 9.17) is 23.2 Å². The highest BCUT2D eigenvalue weighted by molar-refractivity contribution is 7.98. The Morgan fingerprint density at radius 1 is 1.27 bits per heavy atom. The Morgan fingerprint density at radius 3 is 2.60 bits per heavy atom. The lowest BCUT2D eigenvalue weighted by Crippen LogP contribution is -2.48. The van der Waals surface area contributed by atoms with Gasteiger partial charge in [0.1, 0.15) is 11.9 Å². The van der Waals surface area contributed by atoms with Crippen LogP contribution in [0, 0.1) is 12.7 Å². The zero-order valence-corrected chi connectivity index (χ0v) is 19.9. The van der Waals surface area contributed by atoms with Crippen LogP contribution in [0.25, 0.3) is 0 Å². The molecule has 0 fully saturated rings. The van der Waals surface area contributed by atoms with E-state index in [2.05, 4.69) is 5.32 Å². The summed E-state index contributed by atoms with van der Waals surface area (Å²) in [6, 6.07) is 8.43. The van der Waals surface area contributed by atoms with Crippen molar-refractivity contribution in [2.75, 3.05) is 22.9 Å². The second-order valence-electron chi connectivity index (χ2n) is 6.71. The number of benzene rings is 2. The lowest BCUT2D eigenvalue weighted by atomic mass is 10.2. The number of amides is 1. The maximum Gasteiger partial charge on any atom is 0.243 e. The van der Waals surface area contributed by atoms with Crippen molar-refractivity contribution < 1.29 is 17.6 Å². The number of rotatable bonds is 9. The van der Waals surface area contributed by atoms with Gasteiger partial charge in [-0.15, -0.1) is 0 Å². The first kappa shape index (κ1) is 24.8. The topological polar surface area (TPSA) is 66.5 Å². The van der Waals surface area contributed by atoms with E-state index in [1.807, 2.05) is 0 Å². The van der Waals surface area contributed by atoms with Crippen molar-refractivity contribution in [1.29, 1.82) is 0 Å². The third-order valence-corrected chi connectivity index (χ3v) is 7.15. The van der Waals surface area contributed by atoms with E-state index in [-0.39, 0.29) is 5.82 Å². The molecule has 0 aliphatic heterocycles. The predicted octanol–water partition coefficient (Wildman–Crippen LogP) is 4.65. The summed E-state index contributed by atoms with van der Waals surface area (Å²) in [6.45, 7) is 3.56. The molecule has 1 atom stereocenters. The number of nitrogens with zero attached hydrogens (tertiary/aromatic N) is 1. The number of carbonyl (C=O) groups is 1. The molecule has 0 saturated carbocycles. The monoisotopic (exact) mass is 492 g/mol. The quantitative estimate of drug-likeness (QED) is 0.517. The summed E-state index contributed by atoms with van der Waals surface area (Å²) in [4.78, 5) is 12.6. The Kier molecular flexibility index (Phi) is 8.85. The molecule has 0 bridgehead atoms. The number of nitrogens with one attached hydrogen (secondary N) is 1. The van der Waals surface area contributed by atoms with Crippen LogP contribution in [0.1, 0.15) is 18.1 Å². The maximum atomic E-state index is 13.8. The normalized spacial score (nSPS) is 12.5. The molecule has 30 heavy (non-hydrogen) atoms. The number of carbonyl (C=O) groups excluding carboxylic acids is 1. The fraction of sp³-hybridized carbons (Fsp3) is 0.350. The highest BCUT2D eigenvalue weighted by atomic mass is 35.5. The van der Waals surface area contributed by atoms with Crippen molar-refractivity contribution in [3.63, 3.8) is 0 Å². The van der Waals surface area contributed by atoms with Gasteiger partial charge in [0.15, 0.2) is 0 Å². The summed E-state index contributed by atoms with van der Waals surface area (Å²) in [5.74, 6) is 0.0735. The minimum atomic E-state index is -3.73. The molecule has 0 heterocycles. The summed E-state index contributed by atoms with van der Waals surface area (Å²) in [5.41, 5.74) is 1.46. The number of hydrogen-bond acceptors (Lipinski definition) is 4. The molecule has 2 aromatic carbocycles. The van der Waals surface area contributed by atoms with Crippen LogP contribution in [0.15, 0.2) is 36.4 Å². The molecule has 1 N–H and O–H groups in total. The number of halogens is 3. The van der Waals surface area contributed by atoms with E-state index < -0.39 is 22.0 Å². The first-order chi connectivity index (χ1) is 14.0. The fourth-order valence-electron chi connectivity index (χ4n) is 2.84. The fourth-order valence-corrected chi connectivity index (χ4v) is 5.43. The van der Waals surface area contributed by atoms with Crippen LogP contribution in [0.2, 0.25) is 10.0 Å². The summed E-state index contributed by atoms with van der Waals surface area (Å²) in [6.07, 6.45) is 1.05. The Morgan fingerprint density at radius 2 is 1.97 bits per heavy atom. The number of aryl methyl sites for hydroxylation is 1. The van der Waals surface area contributed by atoms with Gasteiger partial charge in [0.2, 0.25) is 15.9 Å². The van der Waals surface area contributed by atoms with Gasteiger partial charge < -0.3 is 5.32 Å². The molecule has 0 radical (unpaired) electrons. The first-order valence-electron chi connectivity index (χ1n) is 9.06. The summed E-state index contributed by atoms with van der Waals surface area (Å²) in [5, 5.41) is 3.47. The molecule has 0 unspecified atom stereocenters. The summed E-state index contributed by atoms with van der Waals surface area (Å²) in [7, 11) is -3.73. The standard InChI is InChI=1S/C20H23Cl2FN2O3S2/c1-13-7-8-15(21)11-19(13)25(30(3,27)28)14(2)20(26)24-9-10-29-12-16-17(22)5-4-6-18(16)23/h4-8,11,14H,9-10,12H2,1-3H3,(H,24,26)/t14-/m1/s1. The van der Waals surface area contributed by atoms with Crippen molar-refractivity contribution in [3.8, 4) is 0 Å². The first-order valence-corrected chi connectivity index (χ1v) is 12.8. The van der Waals surface area contributed by atoms with Gasteiger partial charge in [-0.3, -0.25) is 9.10 Å². The highest BCUT2D eigenvalue weighted by Crippen LogP contribution is 2.28. The molecule has 0 aromatic heterocycles. The van der Waals surface area contributed by atoms with Crippen LogP contribution in [0.4, 0.5) is 10.1 Å². The van der Waals surface area contributed by atoms with E-state index in [0.29, 0.717) is 44.9 Å². The molecular formula is C20H23Cl2FN2O3S2. The largest absolute Gasteiger partial charge is 0.353 e. The van der Waals surface area contributed by atoms with Crippen LogP contribution in [-0.4, -0.2) is 38.9 Å². The van der Waals surface area contributed by atoms with Gasteiger partial charge in [0.05, 0.1) is 11.9 Å². The average Bonchev–Trinajstić information content (AvgIpc) is 2.65.